The fourth-order valence-corrected chi connectivity index (χ4v) is 7.52. The Labute approximate surface area is 198 Å². The highest BCUT2D eigenvalue weighted by molar-refractivity contribution is 7.89. The van der Waals surface area contributed by atoms with Crippen molar-refractivity contribution in [2.45, 2.75) is 57.3 Å². The molecule has 3 heterocycles. The maximum absolute atomic E-state index is 13.2. The number of aryl methyl sites for hydroxylation is 2. The Bertz CT molecular complexity index is 1170. The molecule has 1 amide bonds. The molecule has 0 spiro atoms. The van der Waals surface area contributed by atoms with Crippen LogP contribution in [0.5, 0.6) is 0 Å². The summed E-state index contributed by atoms with van der Waals surface area (Å²) in [4.78, 5) is 27.2. The number of hydrogen-bond acceptors (Lipinski definition) is 7. The quantitative estimate of drug-likeness (QED) is 0.618. The van der Waals surface area contributed by atoms with Crippen molar-refractivity contribution in [2.75, 3.05) is 25.0 Å². The number of anilines is 1. The summed E-state index contributed by atoms with van der Waals surface area (Å²) in [7, 11) is -2.05. The topological polar surface area (TPSA) is 111 Å². The van der Waals surface area contributed by atoms with E-state index in [-0.39, 0.29) is 24.0 Å². The predicted molar refractivity (Wildman–Crippen MR) is 125 cm³/mol. The number of carbonyl (C=O) groups is 2. The molecule has 1 saturated heterocycles. The average Bonchev–Trinajstić information content (AvgIpc) is 3.33. The molecule has 0 aromatic carbocycles. The molecule has 1 fully saturated rings. The van der Waals surface area contributed by atoms with Crippen LogP contribution >= 0.6 is 11.3 Å². The van der Waals surface area contributed by atoms with Crippen LogP contribution in [0.4, 0.5) is 5.00 Å². The van der Waals surface area contributed by atoms with Crippen molar-refractivity contribution >= 4 is 38.2 Å². The van der Waals surface area contributed by atoms with Crippen LogP contribution in [0.25, 0.3) is 0 Å². The zero-order valence-electron chi connectivity index (χ0n) is 19.2. The third-order valence-electron chi connectivity index (χ3n) is 6.45. The first-order chi connectivity index (χ1) is 15.7. The molecule has 1 atom stereocenters. The van der Waals surface area contributed by atoms with E-state index in [0.717, 1.165) is 36.1 Å². The number of thiophene rings is 1. The van der Waals surface area contributed by atoms with E-state index in [4.69, 9.17) is 4.74 Å². The summed E-state index contributed by atoms with van der Waals surface area (Å²) in [5.74, 6) is -1.17. The SMILES string of the molecule is CCOC(=O)c1c(NC(=O)[C@H]2CCCN(S(=O)(=O)c3cnn(C)c3C)C2)sc2c1CCCC2. The Balaban J connectivity index is 1.54. The Hall–Kier alpha value is -2.24. The number of aromatic nitrogens is 2. The van der Waals surface area contributed by atoms with Crippen molar-refractivity contribution in [3.05, 3.63) is 27.9 Å². The van der Waals surface area contributed by atoms with Gasteiger partial charge in [-0.05, 0) is 57.9 Å². The summed E-state index contributed by atoms with van der Waals surface area (Å²) in [5.41, 5.74) is 2.01. The van der Waals surface area contributed by atoms with Crippen LogP contribution in [0.2, 0.25) is 0 Å². The number of fused-ring (bicyclic) bond motifs is 1. The van der Waals surface area contributed by atoms with Gasteiger partial charge in [-0.25, -0.2) is 13.2 Å². The van der Waals surface area contributed by atoms with Crippen LogP contribution in [-0.4, -0.2) is 54.1 Å². The highest BCUT2D eigenvalue weighted by Gasteiger charge is 2.36. The largest absolute Gasteiger partial charge is 0.462 e. The average molecular weight is 495 g/mol. The Morgan fingerprint density at radius 2 is 2.03 bits per heavy atom. The number of sulfonamides is 1. The number of piperidine rings is 1. The van der Waals surface area contributed by atoms with E-state index in [9.17, 15) is 18.0 Å². The van der Waals surface area contributed by atoms with Crippen molar-refractivity contribution in [2.24, 2.45) is 13.0 Å². The molecule has 9 nitrogen and oxygen atoms in total. The first-order valence-corrected chi connectivity index (χ1v) is 13.6. The van der Waals surface area contributed by atoms with E-state index in [2.05, 4.69) is 10.4 Å². The van der Waals surface area contributed by atoms with E-state index in [1.807, 2.05) is 0 Å². The van der Waals surface area contributed by atoms with Gasteiger partial charge in [-0.15, -0.1) is 11.3 Å². The molecule has 4 rings (SSSR count). The number of nitrogens with one attached hydrogen (secondary N) is 1. The van der Waals surface area contributed by atoms with Gasteiger partial charge in [0, 0.05) is 25.0 Å². The molecule has 0 bridgehead atoms. The lowest BCUT2D eigenvalue weighted by Crippen LogP contribution is -2.43. The van der Waals surface area contributed by atoms with Crippen LogP contribution in [-0.2, 0) is 39.4 Å². The minimum Gasteiger partial charge on any atom is -0.462 e. The van der Waals surface area contributed by atoms with E-state index < -0.39 is 21.9 Å². The highest BCUT2D eigenvalue weighted by atomic mass is 32.2. The summed E-state index contributed by atoms with van der Waals surface area (Å²) in [5, 5.41) is 7.52. The maximum atomic E-state index is 13.2. The molecular weight excluding hydrogens is 464 g/mol. The smallest absolute Gasteiger partial charge is 0.341 e. The van der Waals surface area contributed by atoms with Gasteiger partial charge >= 0.3 is 5.97 Å². The van der Waals surface area contributed by atoms with Crippen molar-refractivity contribution in [3.63, 3.8) is 0 Å². The summed E-state index contributed by atoms with van der Waals surface area (Å²) in [6.07, 6.45) is 6.29. The Morgan fingerprint density at radius 3 is 2.73 bits per heavy atom. The zero-order chi connectivity index (χ0) is 23.8. The Kier molecular flexibility index (Phi) is 6.92. The van der Waals surface area contributed by atoms with Gasteiger partial charge in [0.1, 0.15) is 9.90 Å². The molecule has 1 aliphatic carbocycles. The van der Waals surface area contributed by atoms with E-state index in [0.29, 0.717) is 35.6 Å². The fraction of sp³-hybridized carbons (Fsp3) is 0.591. The van der Waals surface area contributed by atoms with Crippen LogP contribution in [0, 0.1) is 12.8 Å². The number of carbonyl (C=O) groups excluding carboxylic acids is 2. The molecule has 0 radical (unpaired) electrons. The molecule has 1 N–H and O–H groups in total. The van der Waals surface area contributed by atoms with Gasteiger partial charge < -0.3 is 10.1 Å². The van der Waals surface area contributed by atoms with Gasteiger partial charge in [-0.2, -0.15) is 9.40 Å². The second-order valence-corrected chi connectivity index (χ2v) is 11.6. The number of rotatable bonds is 6. The van der Waals surface area contributed by atoms with Crippen LogP contribution in [0.1, 0.15) is 59.1 Å². The lowest BCUT2D eigenvalue weighted by molar-refractivity contribution is -0.120. The summed E-state index contributed by atoms with van der Waals surface area (Å²) in [6.45, 7) is 4.20. The summed E-state index contributed by atoms with van der Waals surface area (Å²) in [6, 6.07) is 0. The van der Waals surface area contributed by atoms with Gasteiger partial charge in [0.25, 0.3) is 0 Å². The molecule has 0 unspecified atom stereocenters. The van der Waals surface area contributed by atoms with Gasteiger partial charge in [0.05, 0.1) is 30.0 Å². The standard InChI is InChI=1S/C22H30N4O5S2/c1-4-31-22(28)19-16-9-5-6-10-17(16)32-21(19)24-20(27)15-8-7-11-26(13-15)33(29,30)18-12-23-25(3)14(18)2/h12,15H,4-11,13H2,1-3H3,(H,24,27)/t15-/m0/s1. The number of esters is 1. The monoisotopic (exact) mass is 494 g/mol. The van der Waals surface area contributed by atoms with E-state index in [1.54, 1.807) is 20.9 Å². The number of nitrogens with zero attached hydrogens (tertiary/aromatic N) is 3. The van der Waals surface area contributed by atoms with Gasteiger partial charge in [0.2, 0.25) is 15.9 Å². The van der Waals surface area contributed by atoms with Crippen molar-refractivity contribution in [1.82, 2.24) is 14.1 Å². The van der Waals surface area contributed by atoms with Crippen molar-refractivity contribution < 1.29 is 22.7 Å². The first-order valence-electron chi connectivity index (χ1n) is 11.3. The number of amides is 1. The third-order valence-corrected chi connectivity index (χ3v) is 9.63. The molecule has 33 heavy (non-hydrogen) atoms. The second-order valence-electron chi connectivity index (χ2n) is 8.54. The zero-order valence-corrected chi connectivity index (χ0v) is 20.9. The maximum Gasteiger partial charge on any atom is 0.341 e. The van der Waals surface area contributed by atoms with Gasteiger partial charge in [0.15, 0.2) is 0 Å². The lowest BCUT2D eigenvalue weighted by atomic mass is 9.95. The molecule has 2 aromatic rings. The minimum atomic E-state index is -3.74. The lowest BCUT2D eigenvalue weighted by Gasteiger charge is -2.31. The molecule has 2 aliphatic rings. The van der Waals surface area contributed by atoms with Gasteiger partial charge in [-0.3, -0.25) is 9.48 Å². The molecule has 1 aliphatic heterocycles. The van der Waals surface area contributed by atoms with Crippen molar-refractivity contribution in [1.29, 1.82) is 0 Å². The second kappa shape index (κ2) is 9.55. The van der Waals surface area contributed by atoms with E-state index >= 15 is 0 Å². The van der Waals surface area contributed by atoms with Gasteiger partial charge in [-0.1, -0.05) is 0 Å². The fourth-order valence-electron chi connectivity index (χ4n) is 4.53. The first kappa shape index (κ1) is 23.9. The van der Waals surface area contributed by atoms with Crippen LogP contribution in [0.3, 0.4) is 0 Å². The highest BCUT2D eigenvalue weighted by Crippen LogP contribution is 2.39. The third kappa shape index (κ3) is 4.58. The normalized spacial score (nSPS) is 19.2. The summed E-state index contributed by atoms with van der Waals surface area (Å²) < 4.78 is 34.5. The molecule has 2 aromatic heterocycles. The number of hydrogen-bond donors (Lipinski definition) is 1. The molecule has 180 valence electrons. The molecule has 11 heteroatoms. The van der Waals surface area contributed by atoms with E-state index in [1.165, 1.54) is 26.5 Å². The minimum absolute atomic E-state index is 0.0995. The van der Waals surface area contributed by atoms with Crippen LogP contribution < -0.4 is 5.32 Å². The Morgan fingerprint density at radius 1 is 1.27 bits per heavy atom. The van der Waals surface area contributed by atoms with Crippen molar-refractivity contribution in [3.8, 4) is 0 Å². The number of ether oxygens (including phenoxy) is 1. The molecular formula is C22H30N4O5S2. The summed E-state index contributed by atoms with van der Waals surface area (Å²) >= 11 is 1.44. The molecule has 0 saturated carbocycles. The van der Waals surface area contributed by atoms with Crippen LogP contribution in [0.15, 0.2) is 11.1 Å². The predicted octanol–water partition coefficient (Wildman–Crippen LogP) is 2.88.